The van der Waals surface area contributed by atoms with Crippen molar-refractivity contribution in [2.24, 2.45) is 5.92 Å². The fraction of sp³-hybridized carbons (Fsp3) is 0.815. The van der Waals surface area contributed by atoms with Gasteiger partial charge in [-0.05, 0) is 44.6 Å². The van der Waals surface area contributed by atoms with Crippen LogP contribution in [0.5, 0.6) is 0 Å². The molecule has 1 N–H and O–H groups in total. The zero-order chi connectivity index (χ0) is 27.7. The zero-order valence-corrected chi connectivity index (χ0v) is 25.5. The van der Waals surface area contributed by atoms with Gasteiger partial charge in [-0.15, -0.1) is 0 Å². The standard InChI is InChI=1S/C14H22ClNO3S2.C9H16N2O2.C4H8/c1-4-5-13(15)20-11(2)21(17)16-8-9-19-10-12(16)14(18-3)6-7-14;12-4-3-10-5-8-1-2-9(6-10)11(8)7-13;1-4-2-3-4/h4-5,11-12H,1,6-10H2,2-3H3;7-9,12H,1-6H2;4H,2-3H2,1H3/b13-5-;;. The van der Waals surface area contributed by atoms with Crippen molar-refractivity contribution < 1.29 is 23.6 Å². The van der Waals surface area contributed by atoms with E-state index in [1.54, 1.807) is 19.3 Å². The third kappa shape index (κ3) is 9.03. The number of aliphatic hydroxyl groups is 1. The smallest absolute Gasteiger partial charge is 0.210 e. The summed E-state index contributed by atoms with van der Waals surface area (Å²) in [6.45, 7) is 12.5. The second-order valence-corrected chi connectivity index (χ2v) is 14.8. The van der Waals surface area contributed by atoms with Crippen molar-refractivity contribution in [2.75, 3.05) is 53.1 Å². The van der Waals surface area contributed by atoms with Gasteiger partial charge in [-0.25, -0.2) is 8.51 Å². The number of carbonyl (C=O) groups is 1. The molecular formula is C27H46ClN3O5S2. The Kier molecular flexibility index (Phi) is 13.1. The largest absolute Gasteiger partial charge is 0.395 e. The molecule has 3 heterocycles. The number of β-amino-alcohol motifs (C(OH)–C–C–N with tert-alkyl or cyclic N) is 1. The van der Waals surface area contributed by atoms with Crippen molar-refractivity contribution in [3.05, 3.63) is 23.1 Å². The summed E-state index contributed by atoms with van der Waals surface area (Å²) < 4.78 is 26.6. The highest BCUT2D eigenvalue weighted by molar-refractivity contribution is 8.14. The molecule has 3 saturated heterocycles. The van der Waals surface area contributed by atoms with E-state index in [1.807, 2.05) is 16.1 Å². The van der Waals surface area contributed by atoms with Crippen molar-refractivity contribution >= 4 is 40.8 Å². The van der Waals surface area contributed by atoms with Gasteiger partial charge in [0.05, 0.1) is 40.4 Å². The number of likely N-dealkylation sites (tertiary alicyclic amines) is 1. The highest BCUT2D eigenvalue weighted by atomic mass is 35.5. The first-order valence-electron chi connectivity index (χ1n) is 13.8. The molecule has 5 rings (SSSR count). The van der Waals surface area contributed by atoms with Crippen LogP contribution in [0.2, 0.25) is 0 Å². The maximum atomic E-state index is 12.8. The molecule has 0 aromatic heterocycles. The van der Waals surface area contributed by atoms with Crippen molar-refractivity contribution in [3.8, 4) is 0 Å². The van der Waals surface area contributed by atoms with E-state index in [0.29, 0.717) is 36.2 Å². The Morgan fingerprint density at radius 1 is 1.29 bits per heavy atom. The predicted octanol–water partition coefficient (Wildman–Crippen LogP) is 3.58. The Morgan fingerprint density at radius 2 is 1.92 bits per heavy atom. The van der Waals surface area contributed by atoms with Gasteiger partial charge >= 0.3 is 0 Å². The Bertz CT molecular complexity index is 813. The van der Waals surface area contributed by atoms with Gasteiger partial charge in [0.15, 0.2) is 0 Å². The van der Waals surface area contributed by atoms with E-state index in [2.05, 4.69) is 18.4 Å². The van der Waals surface area contributed by atoms with E-state index in [9.17, 15) is 9.00 Å². The third-order valence-electron chi connectivity index (χ3n) is 7.90. The number of ether oxygens (including phenoxy) is 2. The molecule has 3 aliphatic heterocycles. The fourth-order valence-corrected chi connectivity index (χ4v) is 8.47. The third-order valence-corrected chi connectivity index (χ3v) is 11.2. The molecule has 5 atom stereocenters. The summed E-state index contributed by atoms with van der Waals surface area (Å²) in [5.74, 6) is 1.08. The number of carbonyl (C=O) groups excluding carboxylic acids is 1. The van der Waals surface area contributed by atoms with Crippen LogP contribution >= 0.6 is 23.4 Å². The zero-order valence-electron chi connectivity index (χ0n) is 23.1. The molecule has 5 aliphatic rings. The number of rotatable bonds is 10. The molecule has 38 heavy (non-hydrogen) atoms. The van der Waals surface area contributed by atoms with Crippen LogP contribution in [0.4, 0.5) is 0 Å². The molecule has 2 aliphatic carbocycles. The molecule has 218 valence electrons. The summed E-state index contributed by atoms with van der Waals surface area (Å²) in [4.78, 5) is 14.9. The van der Waals surface area contributed by atoms with Crippen molar-refractivity contribution in [1.82, 2.24) is 14.1 Å². The number of fused-ring (bicyclic) bond motifs is 2. The molecule has 0 radical (unpaired) electrons. The van der Waals surface area contributed by atoms with Crippen LogP contribution in [0.15, 0.2) is 23.1 Å². The van der Waals surface area contributed by atoms with Crippen LogP contribution in [0.25, 0.3) is 0 Å². The van der Waals surface area contributed by atoms with Gasteiger partial charge in [-0.3, -0.25) is 9.69 Å². The number of hydrogen-bond donors (Lipinski definition) is 1. The van der Waals surface area contributed by atoms with Crippen LogP contribution in [-0.4, -0.2) is 111 Å². The lowest BCUT2D eigenvalue weighted by atomic mass is 10.1. The second-order valence-electron chi connectivity index (χ2n) is 10.8. The highest BCUT2D eigenvalue weighted by Gasteiger charge is 2.54. The van der Waals surface area contributed by atoms with E-state index in [4.69, 9.17) is 26.2 Å². The number of amides is 1. The lowest BCUT2D eigenvalue weighted by Gasteiger charge is -2.39. The summed E-state index contributed by atoms with van der Waals surface area (Å²) in [6.07, 6.45) is 11.6. The van der Waals surface area contributed by atoms with Gasteiger partial charge in [0.2, 0.25) is 6.41 Å². The molecule has 2 saturated carbocycles. The van der Waals surface area contributed by atoms with E-state index in [-0.39, 0.29) is 22.8 Å². The van der Waals surface area contributed by atoms with Crippen LogP contribution in [0.1, 0.15) is 52.4 Å². The summed E-state index contributed by atoms with van der Waals surface area (Å²) in [6, 6.07) is 0.868. The Morgan fingerprint density at radius 3 is 2.39 bits per heavy atom. The lowest BCUT2D eigenvalue weighted by Crippen LogP contribution is -2.55. The molecule has 1 amide bonds. The molecular weight excluding hydrogens is 546 g/mol. The fourth-order valence-electron chi connectivity index (χ4n) is 5.22. The molecule has 5 unspecified atom stereocenters. The molecule has 2 bridgehead atoms. The molecule has 0 aromatic rings. The first kappa shape index (κ1) is 32.1. The number of piperazine rings is 1. The van der Waals surface area contributed by atoms with Crippen molar-refractivity contribution in [2.45, 2.75) is 80.7 Å². The predicted molar refractivity (Wildman–Crippen MR) is 156 cm³/mol. The van der Waals surface area contributed by atoms with Gasteiger partial charge in [0, 0.05) is 45.4 Å². The second kappa shape index (κ2) is 15.5. The number of allylic oxidation sites excluding steroid dienone is 2. The summed E-state index contributed by atoms with van der Waals surface area (Å²) in [5, 5.41) is 8.81. The first-order chi connectivity index (χ1) is 18.3. The van der Waals surface area contributed by atoms with E-state index < -0.39 is 11.0 Å². The number of halogens is 1. The minimum Gasteiger partial charge on any atom is -0.395 e. The number of hydrogen-bond acceptors (Lipinski definition) is 7. The molecule has 5 fully saturated rings. The number of thioether (sulfide) groups is 1. The number of nitrogens with zero attached hydrogens (tertiary/aromatic N) is 3. The van der Waals surface area contributed by atoms with Gasteiger partial charge in [-0.1, -0.05) is 55.8 Å². The minimum atomic E-state index is -1.14. The van der Waals surface area contributed by atoms with E-state index >= 15 is 0 Å². The van der Waals surface area contributed by atoms with Crippen LogP contribution in [0, 0.1) is 5.92 Å². The van der Waals surface area contributed by atoms with Gasteiger partial charge in [0.25, 0.3) is 0 Å². The van der Waals surface area contributed by atoms with E-state index in [0.717, 1.165) is 57.6 Å². The number of aliphatic hydroxyl groups excluding tert-OH is 1. The Labute approximate surface area is 240 Å². The van der Waals surface area contributed by atoms with E-state index in [1.165, 1.54) is 24.6 Å². The molecule has 0 spiro atoms. The quantitative estimate of drug-likeness (QED) is 0.307. The number of methoxy groups -OCH3 is 1. The topological polar surface area (TPSA) is 82.6 Å². The molecule has 0 aromatic carbocycles. The monoisotopic (exact) mass is 591 g/mol. The van der Waals surface area contributed by atoms with Gasteiger partial charge in [0.1, 0.15) is 11.0 Å². The molecule has 11 heteroatoms. The van der Waals surface area contributed by atoms with Crippen LogP contribution < -0.4 is 0 Å². The van der Waals surface area contributed by atoms with Crippen LogP contribution in [-0.2, 0) is 25.3 Å². The van der Waals surface area contributed by atoms with Gasteiger partial charge in [-0.2, -0.15) is 0 Å². The van der Waals surface area contributed by atoms with Crippen LogP contribution in [0.3, 0.4) is 0 Å². The average Bonchev–Trinajstić information content (AvgIpc) is 3.84. The first-order valence-corrected chi connectivity index (χ1v) is 16.2. The lowest BCUT2D eigenvalue weighted by molar-refractivity contribution is -0.123. The SMILES string of the molecule is C=C/C=C(/Cl)SC(C)S(=O)N1CCOCC1C1(OC)CC1.CC1CC1.O=CN1C2CCC1CN(CCO)C2. The molecule has 8 nitrogen and oxygen atoms in total. The van der Waals surface area contributed by atoms with Crippen molar-refractivity contribution in [1.29, 1.82) is 0 Å². The maximum absolute atomic E-state index is 12.8. The normalized spacial score (nSPS) is 30.3. The minimum absolute atomic E-state index is 0.0577. The average molecular weight is 592 g/mol. The highest BCUT2D eigenvalue weighted by Crippen LogP contribution is 2.46. The Balaban J connectivity index is 0.000000197. The summed E-state index contributed by atoms with van der Waals surface area (Å²) in [5.41, 5.74) is -0.179. The van der Waals surface area contributed by atoms with Gasteiger partial charge < -0.3 is 19.5 Å². The summed E-state index contributed by atoms with van der Waals surface area (Å²) >= 11 is 7.47. The number of morpholine rings is 1. The summed E-state index contributed by atoms with van der Waals surface area (Å²) in [7, 11) is 0.590. The maximum Gasteiger partial charge on any atom is 0.210 e. The van der Waals surface area contributed by atoms with Crippen molar-refractivity contribution in [3.63, 3.8) is 0 Å². The Hall–Kier alpha value is -0.460.